The molecule has 0 amide bonds. The maximum absolute atomic E-state index is 4.35. The van der Waals surface area contributed by atoms with Crippen LogP contribution < -0.4 is 0 Å². The summed E-state index contributed by atoms with van der Waals surface area (Å²) in [6.07, 6.45) is 0. The molecule has 0 aliphatic carbocycles. The van der Waals surface area contributed by atoms with Gasteiger partial charge < -0.3 is 0 Å². The zero-order chi connectivity index (χ0) is 7.84. The van der Waals surface area contributed by atoms with Crippen LogP contribution in [0.3, 0.4) is 0 Å². The fourth-order valence-corrected chi connectivity index (χ4v) is 1.86. The molecule has 0 spiro atoms. The molecule has 0 saturated carbocycles. The number of fused-ring (bicyclic) bond motifs is 1. The maximum Gasteiger partial charge on any atom is 0.143 e. The van der Waals surface area contributed by atoms with E-state index in [0.717, 1.165) is 16.2 Å². The van der Waals surface area contributed by atoms with Crippen molar-refractivity contribution in [2.45, 2.75) is 13.8 Å². The zero-order valence-electron chi connectivity index (χ0n) is 6.46. The van der Waals surface area contributed by atoms with Crippen LogP contribution in [0.4, 0.5) is 0 Å². The summed E-state index contributed by atoms with van der Waals surface area (Å²) in [6, 6.07) is 4.10. The minimum Gasteiger partial charge on any atom is -0.241 e. The number of aromatic nitrogens is 2. The molecule has 0 aliphatic rings. The van der Waals surface area contributed by atoms with E-state index in [4.69, 9.17) is 0 Å². The first-order chi connectivity index (χ1) is 5.27. The Hall–Kier alpha value is -0.960. The van der Waals surface area contributed by atoms with Crippen LogP contribution in [0.2, 0.25) is 0 Å². The molecule has 0 radical (unpaired) electrons. The van der Waals surface area contributed by atoms with Crippen molar-refractivity contribution in [3.63, 3.8) is 0 Å². The lowest BCUT2D eigenvalue weighted by molar-refractivity contribution is 1.27. The van der Waals surface area contributed by atoms with Gasteiger partial charge in [0.2, 0.25) is 0 Å². The van der Waals surface area contributed by atoms with E-state index in [1.54, 1.807) is 0 Å². The first-order valence-electron chi connectivity index (χ1n) is 3.47. The SMILES string of the molecule is Cc1ccc2c(C)nsc2n1. The van der Waals surface area contributed by atoms with Gasteiger partial charge in [-0.1, -0.05) is 0 Å². The Labute approximate surface area is 69.1 Å². The van der Waals surface area contributed by atoms with Crippen molar-refractivity contribution in [3.8, 4) is 0 Å². The smallest absolute Gasteiger partial charge is 0.143 e. The third-order valence-electron chi connectivity index (χ3n) is 1.66. The summed E-state index contributed by atoms with van der Waals surface area (Å²) < 4.78 is 4.22. The van der Waals surface area contributed by atoms with Crippen LogP contribution in [0.1, 0.15) is 11.4 Å². The number of nitrogens with zero attached hydrogens (tertiary/aromatic N) is 2. The molecule has 0 fully saturated rings. The van der Waals surface area contributed by atoms with Gasteiger partial charge in [-0.15, -0.1) is 0 Å². The first-order valence-corrected chi connectivity index (χ1v) is 4.24. The molecule has 2 nitrogen and oxygen atoms in total. The highest BCUT2D eigenvalue weighted by molar-refractivity contribution is 7.12. The predicted octanol–water partition coefficient (Wildman–Crippen LogP) is 2.31. The maximum atomic E-state index is 4.35. The third-order valence-corrected chi connectivity index (χ3v) is 2.51. The van der Waals surface area contributed by atoms with Crippen LogP contribution >= 0.6 is 11.5 Å². The lowest BCUT2D eigenvalue weighted by Crippen LogP contribution is -1.78. The van der Waals surface area contributed by atoms with Gasteiger partial charge in [-0.05, 0) is 37.5 Å². The van der Waals surface area contributed by atoms with Gasteiger partial charge in [0.25, 0.3) is 0 Å². The van der Waals surface area contributed by atoms with Crippen molar-refractivity contribution < 1.29 is 0 Å². The molecule has 2 rings (SSSR count). The van der Waals surface area contributed by atoms with Crippen LogP contribution in [0.5, 0.6) is 0 Å². The minimum absolute atomic E-state index is 1.04. The molecule has 2 aromatic heterocycles. The Bertz CT molecular complexity index is 392. The largest absolute Gasteiger partial charge is 0.241 e. The normalized spacial score (nSPS) is 10.7. The summed E-state index contributed by atoms with van der Waals surface area (Å²) in [5.74, 6) is 0. The van der Waals surface area contributed by atoms with E-state index < -0.39 is 0 Å². The van der Waals surface area contributed by atoms with Gasteiger partial charge in [0.15, 0.2) is 0 Å². The van der Waals surface area contributed by atoms with Gasteiger partial charge in [-0.2, -0.15) is 4.37 Å². The Kier molecular flexibility index (Phi) is 1.39. The lowest BCUT2D eigenvalue weighted by Gasteiger charge is -1.90. The standard InChI is InChI=1S/C8H8N2S/c1-5-3-4-7-6(2)10-11-8(7)9-5/h3-4H,1-2H3. The summed E-state index contributed by atoms with van der Waals surface area (Å²) in [4.78, 5) is 5.40. The topological polar surface area (TPSA) is 25.8 Å². The Morgan fingerprint density at radius 2 is 2.09 bits per heavy atom. The minimum atomic E-state index is 1.04. The fourth-order valence-electron chi connectivity index (χ4n) is 1.04. The van der Waals surface area contributed by atoms with Gasteiger partial charge in [0, 0.05) is 11.1 Å². The van der Waals surface area contributed by atoms with Crippen molar-refractivity contribution >= 4 is 21.7 Å². The molecule has 56 valence electrons. The van der Waals surface area contributed by atoms with Gasteiger partial charge in [0.05, 0.1) is 5.69 Å². The molecule has 0 saturated heterocycles. The van der Waals surface area contributed by atoms with E-state index in [1.165, 1.54) is 16.9 Å². The van der Waals surface area contributed by atoms with E-state index >= 15 is 0 Å². The third kappa shape index (κ3) is 1.01. The van der Waals surface area contributed by atoms with Crippen LogP contribution in [-0.4, -0.2) is 9.36 Å². The average molecular weight is 164 g/mol. The van der Waals surface area contributed by atoms with Crippen molar-refractivity contribution in [1.82, 2.24) is 9.36 Å². The van der Waals surface area contributed by atoms with E-state index in [0.29, 0.717) is 0 Å². The van der Waals surface area contributed by atoms with Crippen LogP contribution in [-0.2, 0) is 0 Å². The van der Waals surface area contributed by atoms with Gasteiger partial charge in [0.1, 0.15) is 4.83 Å². The molecule has 0 atom stereocenters. The molecular weight excluding hydrogens is 156 g/mol. The highest BCUT2D eigenvalue weighted by Crippen LogP contribution is 2.19. The summed E-state index contributed by atoms with van der Waals surface area (Å²) >= 11 is 1.47. The quantitative estimate of drug-likeness (QED) is 0.597. The number of hydrogen-bond acceptors (Lipinski definition) is 3. The van der Waals surface area contributed by atoms with Crippen LogP contribution in [0.15, 0.2) is 12.1 Å². The van der Waals surface area contributed by atoms with Crippen molar-refractivity contribution in [2.24, 2.45) is 0 Å². The number of aryl methyl sites for hydroxylation is 2. The molecule has 0 aliphatic heterocycles. The summed E-state index contributed by atoms with van der Waals surface area (Å²) in [5.41, 5.74) is 2.14. The van der Waals surface area contributed by atoms with Crippen molar-refractivity contribution in [2.75, 3.05) is 0 Å². The number of rotatable bonds is 0. The van der Waals surface area contributed by atoms with Crippen molar-refractivity contribution in [1.29, 1.82) is 0 Å². The molecule has 0 bridgehead atoms. The number of pyridine rings is 1. The van der Waals surface area contributed by atoms with Gasteiger partial charge in [-0.25, -0.2) is 4.98 Å². The fraction of sp³-hybridized carbons (Fsp3) is 0.250. The monoisotopic (exact) mass is 164 g/mol. The summed E-state index contributed by atoms with van der Waals surface area (Å²) in [7, 11) is 0. The van der Waals surface area contributed by atoms with Crippen LogP contribution in [0.25, 0.3) is 10.2 Å². The highest BCUT2D eigenvalue weighted by atomic mass is 32.1. The molecule has 2 aromatic rings. The van der Waals surface area contributed by atoms with E-state index in [-0.39, 0.29) is 0 Å². The lowest BCUT2D eigenvalue weighted by atomic mass is 10.3. The molecule has 0 aromatic carbocycles. The summed E-state index contributed by atoms with van der Waals surface area (Å²) in [6.45, 7) is 4.00. The molecule has 3 heteroatoms. The number of hydrogen-bond donors (Lipinski definition) is 0. The Balaban J connectivity index is 2.86. The van der Waals surface area contributed by atoms with Gasteiger partial charge in [-0.3, -0.25) is 0 Å². The Morgan fingerprint density at radius 1 is 1.27 bits per heavy atom. The van der Waals surface area contributed by atoms with E-state index in [2.05, 4.69) is 15.4 Å². The highest BCUT2D eigenvalue weighted by Gasteiger charge is 2.01. The Morgan fingerprint density at radius 3 is 2.91 bits per heavy atom. The van der Waals surface area contributed by atoms with E-state index in [1.807, 2.05) is 19.9 Å². The van der Waals surface area contributed by atoms with Gasteiger partial charge >= 0.3 is 0 Å². The molecule has 2 heterocycles. The van der Waals surface area contributed by atoms with E-state index in [9.17, 15) is 0 Å². The average Bonchev–Trinajstić information content (AvgIpc) is 2.32. The molecule has 0 unspecified atom stereocenters. The molecular formula is C8H8N2S. The second-order valence-corrected chi connectivity index (χ2v) is 3.33. The zero-order valence-corrected chi connectivity index (χ0v) is 7.27. The second-order valence-electron chi connectivity index (χ2n) is 2.57. The molecule has 0 N–H and O–H groups in total. The van der Waals surface area contributed by atoms with Crippen molar-refractivity contribution in [3.05, 3.63) is 23.5 Å². The second kappa shape index (κ2) is 2.27. The van der Waals surface area contributed by atoms with Crippen LogP contribution in [0, 0.1) is 13.8 Å². The molecule has 11 heavy (non-hydrogen) atoms. The predicted molar refractivity (Wildman–Crippen MR) is 46.9 cm³/mol. The summed E-state index contributed by atoms with van der Waals surface area (Å²) in [5, 5.41) is 1.18. The first kappa shape index (κ1) is 6.73.